The second kappa shape index (κ2) is 15.4. The molecule has 0 saturated carbocycles. The van der Waals surface area contributed by atoms with Crippen molar-refractivity contribution < 1.29 is 38.9 Å². The number of benzene rings is 2. The van der Waals surface area contributed by atoms with E-state index in [4.69, 9.17) is 42.9 Å². The Morgan fingerprint density at radius 2 is 1.54 bits per heavy atom. The monoisotopic (exact) mass is 555 g/mol. The van der Waals surface area contributed by atoms with Crippen molar-refractivity contribution in [2.75, 3.05) is 35.1 Å². The molecule has 0 spiro atoms. The van der Waals surface area contributed by atoms with E-state index in [2.05, 4.69) is 10.6 Å². The van der Waals surface area contributed by atoms with Gasteiger partial charge >= 0.3 is 24.1 Å². The maximum Gasteiger partial charge on any atom is 0.514 e. The van der Waals surface area contributed by atoms with Crippen LogP contribution in [-0.2, 0) is 20.9 Å². The number of rotatable bonds is 14. The van der Waals surface area contributed by atoms with Crippen LogP contribution < -0.4 is 20.3 Å². The molecule has 2 aromatic rings. The van der Waals surface area contributed by atoms with E-state index in [0.717, 1.165) is 5.69 Å². The standard InChI is InChI=1S/C24H27Cl2N3O8/c25-11-13-29(14-12-26)18-5-7-19(8-6-18)37-24(35)36-15-16-1-3-17(4-2-16)27-23(34)28-20(22(32)33)9-10-21(30)31/h1-8,20H,9-15H2,(H,30,31)(H,32,33)(H2,27,28,34)/t20-/m0/s1. The molecule has 0 unspecified atom stereocenters. The van der Waals surface area contributed by atoms with Gasteiger partial charge in [-0.25, -0.2) is 14.4 Å². The zero-order valence-corrected chi connectivity index (χ0v) is 21.2. The molecule has 0 aromatic heterocycles. The van der Waals surface area contributed by atoms with Gasteiger partial charge in [-0.3, -0.25) is 4.79 Å². The molecule has 0 aliphatic carbocycles. The molecule has 2 amide bonds. The highest BCUT2D eigenvalue weighted by molar-refractivity contribution is 6.18. The third-order valence-corrected chi connectivity index (χ3v) is 5.27. The van der Waals surface area contributed by atoms with Crippen LogP contribution in [-0.4, -0.2) is 65.2 Å². The van der Waals surface area contributed by atoms with Gasteiger partial charge in [0.05, 0.1) is 0 Å². The van der Waals surface area contributed by atoms with Crippen LogP contribution in [0.2, 0.25) is 0 Å². The Balaban J connectivity index is 1.81. The highest BCUT2D eigenvalue weighted by Crippen LogP contribution is 2.20. The number of carboxylic acid groups (broad SMARTS) is 2. The van der Waals surface area contributed by atoms with Crippen molar-refractivity contribution in [1.82, 2.24) is 5.32 Å². The van der Waals surface area contributed by atoms with Crippen LogP contribution in [0.3, 0.4) is 0 Å². The van der Waals surface area contributed by atoms with Crippen LogP contribution in [0.5, 0.6) is 5.75 Å². The number of ether oxygens (including phenoxy) is 2. The minimum absolute atomic E-state index is 0.0844. The van der Waals surface area contributed by atoms with Crippen LogP contribution >= 0.6 is 23.2 Å². The largest absolute Gasteiger partial charge is 0.514 e. The molecule has 13 heteroatoms. The minimum Gasteiger partial charge on any atom is -0.481 e. The topological polar surface area (TPSA) is 154 Å². The van der Waals surface area contributed by atoms with Gasteiger partial charge in [-0.2, -0.15) is 0 Å². The van der Waals surface area contributed by atoms with Gasteiger partial charge < -0.3 is 35.2 Å². The minimum atomic E-state index is -1.35. The summed E-state index contributed by atoms with van der Waals surface area (Å²) < 4.78 is 10.3. The highest BCUT2D eigenvalue weighted by Gasteiger charge is 2.21. The predicted molar refractivity (Wildman–Crippen MR) is 138 cm³/mol. The van der Waals surface area contributed by atoms with Gasteiger partial charge in [0.2, 0.25) is 0 Å². The lowest BCUT2D eigenvalue weighted by Crippen LogP contribution is -2.43. The Labute approximate surface area is 223 Å². The van der Waals surface area contributed by atoms with Gasteiger partial charge in [0.1, 0.15) is 18.4 Å². The molecule has 2 rings (SSSR count). The van der Waals surface area contributed by atoms with Crippen molar-refractivity contribution in [2.24, 2.45) is 0 Å². The van der Waals surface area contributed by atoms with Gasteiger partial charge in [-0.15, -0.1) is 23.2 Å². The fraction of sp³-hybridized carbons (Fsp3) is 0.333. The van der Waals surface area contributed by atoms with E-state index in [1.807, 2.05) is 4.90 Å². The first kappa shape index (κ1) is 29.5. The first-order valence-electron chi connectivity index (χ1n) is 11.1. The number of carbonyl (C=O) groups excluding carboxylic acids is 2. The summed E-state index contributed by atoms with van der Waals surface area (Å²) in [6.07, 6.45) is -1.55. The quantitative estimate of drug-likeness (QED) is 0.153. The lowest BCUT2D eigenvalue weighted by Gasteiger charge is -2.22. The Hall–Kier alpha value is -3.70. The number of carbonyl (C=O) groups is 4. The number of alkyl halides is 2. The molecule has 2 aromatic carbocycles. The smallest absolute Gasteiger partial charge is 0.481 e. The second-order valence-electron chi connectivity index (χ2n) is 7.62. The van der Waals surface area contributed by atoms with Crippen molar-refractivity contribution in [3.05, 3.63) is 54.1 Å². The number of carboxylic acids is 2. The normalized spacial score (nSPS) is 11.2. The number of nitrogens with one attached hydrogen (secondary N) is 2. The summed E-state index contributed by atoms with van der Waals surface area (Å²) in [5.74, 6) is -1.30. The zero-order valence-electron chi connectivity index (χ0n) is 19.7. The van der Waals surface area contributed by atoms with Gasteiger partial charge in [0, 0.05) is 42.6 Å². The number of amides is 2. The molecule has 0 aliphatic rings. The third-order valence-electron chi connectivity index (χ3n) is 4.93. The first-order valence-corrected chi connectivity index (χ1v) is 12.2. The number of anilines is 2. The molecular formula is C24H27Cl2N3O8. The van der Waals surface area contributed by atoms with E-state index in [-0.39, 0.29) is 13.0 Å². The van der Waals surface area contributed by atoms with E-state index >= 15 is 0 Å². The SMILES string of the molecule is O=C(O)CC[C@H](NC(=O)Nc1ccc(COC(=O)Oc2ccc(N(CCCl)CCCl)cc2)cc1)C(=O)O. The molecule has 200 valence electrons. The zero-order chi connectivity index (χ0) is 27.2. The Morgan fingerprint density at radius 3 is 2.08 bits per heavy atom. The number of aliphatic carboxylic acids is 2. The molecule has 4 N–H and O–H groups in total. The molecule has 0 heterocycles. The van der Waals surface area contributed by atoms with Gasteiger partial charge in [-0.1, -0.05) is 12.1 Å². The maximum absolute atomic E-state index is 12.0. The molecule has 0 radical (unpaired) electrons. The predicted octanol–water partition coefficient (Wildman–Crippen LogP) is 4.13. The average Bonchev–Trinajstić information content (AvgIpc) is 2.86. The van der Waals surface area contributed by atoms with E-state index in [9.17, 15) is 19.2 Å². The maximum atomic E-state index is 12.0. The Bertz CT molecular complexity index is 1040. The molecular weight excluding hydrogens is 529 g/mol. The van der Waals surface area contributed by atoms with Crippen LogP contribution in [0, 0.1) is 0 Å². The van der Waals surface area contributed by atoms with Crippen molar-refractivity contribution in [3.8, 4) is 5.75 Å². The summed E-state index contributed by atoms with van der Waals surface area (Å²) in [5, 5.41) is 22.5. The molecule has 11 nitrogen and oxygen atoms in total. The van der Waals surface area contributed by atoms with Gasteiger partial charge in [0.25, 0.3) is 0 Å². The molecule has 0 aliphatic heterocycles. The van der Waals surface area contributed by atoms with Crippen LogP contribution in [0.1, 0.15) is 18.4 Å². The summed E-state index contributed by atoms with van der Waals surface area (Å²) in [7, 11) is 0. The van der Waals surface area contributed by atoms with E-state index in [1.54, 1.807) is 36.4 Å². The number of halogens is 2. The van der Waals surface area contributed by atoms with Crippen molar-refractivity contribution >= 4 is 58.7 Å². The van der Waals surface area contributed by atoms with Crippen LogP contribution in [0.25, 0.3) is 0 Å². The fourth-order valence-corrected chi connectivity index (χ4v) is 3.51. The summed E-state index contributed by atoms with van der Waals surface area (Å²) >= 11 is 11.6. The number of hydrogen-bond acceptors (Lipinski definition) is 7. The Kier molecular flexibility index (Phi) is 12.3. The summed E-state index contributed by atoms with van der Waals surface area (Å²) in [6, 6.07) is 10.9. The number of hydrogen-bond donors (Lipinski definition) is 4. The third kappa shape index (κ3) is 10.8. The van der Waals surface area contributed by atoms with Crippen LogP contribution in [0.4, 0.5) is 21.0 Å². The molecule has 0 saturated heterocycles. The number of urea groups is 1. The molecule has 0 fully saturated rings. The van der Waals surface area contributed by atoms with E-state index < -0.39 is 36.6 Å². The van der Waals surface area contributed by atoms with E-state index in [1.165, 1.54) is 12.1 Å². The fourth-order valence-electron chi connectivity index (χ4n) is 3.10. The Morgan fingerprint density at radius 1 is 0.919 bits per heavy atom. The highest BCUT2D eigenvalue weighted by atomic mass is 35.5. The van der Waals surface area contributed by atoms with Gasteiger partial charge in [-0.05, 0) is 48.4 Å². The lowest BCUT2D eigenvalue weighted by molar-refractivity contribution is -0.140. The second-order valence-corrected chi connectivity index (χ2v) is 8.37. The summed E-state index contributed by atoms with van der Waals surface area (Å²) in [5.41, 5.74) is 1.85. The first-order chi connectivity index (χ1) is 17.7. The lowest BCUT2D eigenvalue weighted by atomic mass is 10.1. The molecule has 37 heavy (non-hydrogen) atoms. The molecule has 0 bridgehead atoms. The van der Waals surface area contributed by atoms with Crippen LogP contribution in [0.15, 0.2) is 48.5 Å². The van der Waals surface area contributed by atoms with Crippen molar-refractivity contribution in [1.29, 1.82) is 0 Å². The van der Waals surface area contributed by atoms with Crippen molar-refractivity contribution in [2.45, 2.75) is 25.5 Å². The number of nitrogens with zero attached hydrogens (tertiary/aromatic N) is 1. The summed E-state index contributed by atoms with van der Waals surface area (Å²) in [4.78, 5) is 47.9. The average molecular weight is 556 g/mol. The summed E-state index contributed by atoms with van der Waals surface area (Å²) in [6.45, 7) is 1.18. The van der Waals surface area contributed by atoms with Gasteiger partial charge in [0.15, 0.2) is 0 Å². The van der Waals surface area contributed by atoms with Crippen molar-refractivity contribution in [3.63, 3.8) is 0 Å². The molecule has 1 atom stereocenters. The van der Waals surface area contributed by atoms with E-state index in [0.29, 0.717) is 41.8 Å².